The van der Waals surface area contributed by atoms with Gasteiger partial charge in [0.25, 0.3) is 0 Å². The second kappa shape index (κ2) is 6.72. The molecule has 0 saturated carbocycles. The molecule has 1 aromatic heterocycles. The lowest BCUT2D eigenvalue weighted by molar-refractivity contribution is -0.140. The number of nitrogens with zero attached hydrogens (tertiary/aromatic N) is 1. The van der Waals surface area contributed by atoms with E-state index < -0.39 is 18.6 Å². The molecule has 112 valence electrons. The SMILES string of the molecule is Cc1ccc(CNC(CC(F)(F)F)c2ccccc2)cn1. The van der Waals surface area contributed by atoms with Crippen LogP contribution < -0.4 is 5.32 Å². The van der Waals surface area contributed by atoms with Crippen molar-refractivity contribution in [3.05, 3.63) is 65.5 Å². The zero-order chi connectivity index (χ0) is 15.3. The Hall–Kier alpha value is -1.88. The van der Waals surface area contributed by atoms with Crippen molar-refractivity contribution in [1.29, 1.82) is 0 Å². The number of hydrogen-bond acceptors (Lipinski definition) is 2. The van der Waals surface area contributed by atoms with Gasteiger partial charge in [0.15, 0.2) is 0 Å². The third kappa shape index (κ3) is 5.19. The van der Waals surface area contributed by atoms with Crippen LogP contribution in [0.1, 0.15) is 29.3 Å². The van der Waals surface area contributed by atoms with Crippen molar-refractivity contribution in [2.24, 2.45) is 0 Å². The molecule has 0 aliphatic carbocycles. The summed E-state index contributed by atoms with van der Waals surface area (Å²) in [5.74, 6) is 0. The molecule has 0 saturated heterocycles. The lowest BCUT2D eigenvalue weighted by Gasteiger charge is -2.21. The molecular weight excluding hydrogens is 277 g/mol. The first-order valence-corrected chi connectivity index (χ1v) is 6.71. The topological polar surface area (TPSA) is 24.9 Å². The molecule has 2 rings (SSSR count). The number of nitrogens with one attached hydrogen (secondary N) is 1. The smallest absolute Gasteiger partial charge is 0.305 e. The predicted octanol–water partition coefficient (Wildman–Crippen LogP) is 4.17. The average Bonchev–Trinajstić information content (AvgIpc) is 2.45. The molecule has 0 spiro atoms. The normalized spacial score (nSPS) is 13.1. The van der Waals surface area contributed by atoms with Gasteiger partial charge in [-0.15, -0.1) is 0 Å². The third-order valence-corrected chi connectivity index (χ3v) is 3.16. The Morgan fingerprint density at radius 1 is 1.10 bits per heavy atom. The van der Waals surface area contributed by atoms with Gasteiger partial charge in [-0.25, -0.2) is 0 Å². The Bertz CT molecular complexity index is 550. The van der Waals surface area contributed by atoms with Crippen molar-refractivity contribution in [2.75, 3.05) is 0 Å². The van der Waals surface area contributed by atoms with E-state index in [4.69, 9.17) is 0 Å². The highest BCUT2D eigenvalue weighted by Gasteiger charge is 2.32. The Kier molecular flexibility index (Phi) is 4.96. The summed E-state index contributed by atoms with van der Waals surface area (Å²) in [6.45, 7) is 2.22. The highest BCUT2D eigenvalue weighted by Crippen LogP contribution is 2.29. The van der Waals surface area contributed by atoms with Crippen LogP contribution in [-0.2, 0) is 6.54 Å². The molecule has 1 aromatic carbocycles. The van der Waals surface area contributed by atoms with Crippen molar-refractivity contribution in [3.8, 4) is 0 Å². The van der Waals surface area contributed by atoms with Crippen molar-refractivity contribution in [1.82, 2.24) is 10.3 Å². The van der Waals surface area contributed by atoms with E-state index in [-0.39, 0.29) is 0 Å². The summed E-state index contributed by atoms with van der Waals surface area (Å²) in [4.78, 5) is 4.14. The highest BCUT2D eigenvalue weighted by molar-refractivity contribution is 5.20. The Morgan fingerprint density at radius 3 is 2.38 bits per heavy atom. The first-order valence-electron chi connectivity index (χ1n) is 6.71. The number of pyridine rings is 1. The number of aromatic nitrogens is 1. The van der Waals surface area contributed by atoms with Crippen LogP contribution in [-0.4, -0.2) is 11.2 Å². The zero-order valence-corrected chi connectivity index (χ0v) is 11.7. The molecule has 21 heavy (non-hydrogen) atoms. The molecular formula is C16H17F3N2. The lowest BCUT2D eigenvalue weighted by Crippen LogP contribution is -2.26. The Labute approximate surface area is 122 Å². The maximum absolute atomic E-state index is 12.7. The number of aryl methyl sites for hydroxylation is 1. The summed E-state index contributed by atoms with van der Waals surface area (Å²) in [5, 5.41) is 2.97. The first kappa shape index (κ1) is 15.5. The van der Waals surface area contributed by atoms with Crippen molar-refractivity contribution >= 4 is 0 Å². The zero-order valence-electron chi connectivity index (χ0n) is 11.7. The Morgan fingerprint density at radius 2 is 1.81 bits per heavy atom. The highest BCUT2D eigenvalue weighted by atomic mass is 19.4. The largest absolute Gasteiger partial charge is 0.390 e. The van der Waals surface area contributed by atoms with E-state index in [9.17, 15) is 13.2 Å². The van der Waals surface area contributed by atoms with Gasteiger partial charge in [0.2, 0.25) is 0 Å². The van der Waals surface area contributed by atoms with Crippen molar-refractivity contribution < 1.29 is 13.2 Å². The second-order valence-corrected chi connectivity index (χ2v) is 4.97. The molecule has 1 heterocycles. The fourth-order valence-corrected chi connectivity index (χ4v) is 2.07. The van der Waals surface area contributed by atoms with Gasteiger partial charge in [-0.1, -0.05) is 36.4 Å². The van der Waals surface area contributed by atoms with Gasteiger partial charge in [-0.05, 0) is 24.1 Å². The molecule has 0 amide bonds. The van der Waals surface area contributed by atoms with Gasteiger partial charge >= 0.3 is 6.18 Å². The molecule has 0 radical (unpaired) electrons. The molecule has 0 aliphatic heterocycles. The van der Waals surface area contributed by atoms with Crippen LogP contribution in [0.4, 0.5) is 13.2 Å². The number of alkyl halides is 3. The van der Waals surface area contributed by atoms with Crippen molar-refractivity contribution in [2.45, 2.75) is 32.1 Å². The van der Waals surface area contributed by atoms with Crippen LogP contribution >= 0.6 is 0 Å². The van der Waals surface area contributed by atoms with E-state index in [2.05, 4.69) is 10.3 Å². The molecule has 1 atom stereocenters. The van der Waals surface area contributed by atoms with Crippen LogP contribution in [0.5, 0.6) is 0 Å². The summed E-state index contributed by atoms with van der Waals surface area (Å²) in [6.07, 6.45) is -3.42. The van der Waals surface area contributed by atoms with E-state index in [1.807, 2.05) is 19.1 Å². The molecule has 5 heteroatoms. The molecule has 1 unspecified atom stereocenters. The minimum absolute atomic E-state index is 0.350. The van der Waals surface area contributed by atoms with Gasteiger partial charge in [0.05, 0.1) is 6.42 Å². The molecule has 2 aromatic rings. The van der Waals surface area contributed by atoms with E-state index >= 15 is 0 Å². The van der Waals surface area contributed by atoms with E-state index in [1.54, 1.807) is 36.5 Å². The lowest BCUT2D eigenvalue weighted by atomic mass is 10.0. The maximum Gasteiger partial charge on any atom is 0.390 e. The molecule has 0 bridgehead atoms. The van der Waals surface area contributed by atoms with Gasteiger partial charge in [-0.2, -0.15) is 13.2 Å². The summed E-state index contributed by atoms with van der Waals surface area (Å²) < 4.78 is 38.2. The average molecular weight is 294 g/mol. The monoisotopic (exact) mass is 294 g/mol. The van der Waals surface area contributed by atoms with Crippen LogP contribution in [0.2, 0.25) is 0 Å². The number of halogens is 3. The summed E-state index contributed by atoms with van der Waals surface area (Å²) in [7, 11) is 0. The standard InChI is InChI=1S/C16H17F3N2/c1-12-7-8-13(10-20-12)11-21-15(9-16(17,18)19)14-5-3-2-4-6-14/h2-8,10,15,21H,9,11H2,1H3. The fourth-order valence-electron chi connectivity index (χ4n) is 2.07. The van der Waals surface area contributed by atoms with Crippen LogP contribution in [0, 0.1) is 6.92 Å². The van der Waals surface area contributed by atoms with Gasteiger partial charge in [0.1, 0.15) is 0 Å². The van der Waals surface area contributed by atoms with E-state index in [1.165, 1.54) is 0 Å². The van der Waals surface area contributed by atoms with Crippen LogP contribution in [0.25, 0.3) is 0 Å². The minimum Gasteiger partial charge on any atom is -0.305 e. The van der Waals surface area contributed by atoms with Gasteiger partial charge < -0.3 is 5.32 Å². The molecule has 2 nitrogen and oxygen atoms in total. The fraction of sp³-hybridized carbons (Fsp3) is 0.312. The minimum atomic E-state index is -4.21. The predicted molar refractivity (Wildman–Crippen MR) is 75.7 cm³/mol. The number of benzene rings is 1. The Balaban J connectivity index is 2.07. The summed E-state index contributed by atoms with van der Waals surface area (Å²) in [5.41, 5.74) is 2.38. The second-order valence-electron chi connectivity index (χ2n) is 4.97. The number of hydrogen-bond donors (Lipinski definition) is 1. The van der Waals surface area contributed by atoms with E-state index in [0.717, 1.165) is 11.3 Å². The van der Waals surface area contributed by atoms with E-state index in [0.29, 0.717) is 12.1 Å². The quantitative estimate of drug-likeness (QED) is 0.895. The first-order chi connectivity index (χ1) is 9.94. The third-order valence-electron chi connectivity index (χ3n) is 3.16. The number of rotatable bonds is 5. The molecule has 0 fully saturated rings. The molecule has 0 aliphatic rings. The molecule has 1 N–H and O–H groups in total. The van der Waals surface area contributed by atoms with Crippen LogP contribution in [0.15, 0.2) is 48.7 Å². The van der Waals surface area contributed by atoms with Gasteiger partial charge in [0, 0.05) is 24.5 Å². The summed E-state index contributed by atoms with van der Waals surface area (Å²) >= 11 is 0. The van der Waals surface area contributed by atoms with Gasteiger partial charge in [-0.3, -0.25) is 4.98 Å². The van der Waals surface area contributed by atoms with Crippen molar-refractivity contribution in [3.63, 3.8) is 0 Å². The maximum atomic E-state index is 12.7. The van der Waals surface area contributed by atoms with Crippen LogP contribution in [0.3, 0.4) is 0 Å². The summed E-state index contributed by atoms with van der Waals surface area (Å²) in [6, 6.07) is 11.6.